The van der Waals surface area contributed by atoms with E-state index < -0.39 is 0 Å². The van der Waals surface area contributed by atoms with Gasteiger partial charge in [-0.2, -0.15) is 4.98 Å². The predicted molar refractivity (Wildman–Crippen MR) is 101 cm³/mol. The first-order valence-electron chi connectivity index (χ1n) is 8.95. The summed E-state index contributed by atoms with van der Waals surface area (Å²) in [4.78, 5) is 14.4. The van der Waals surface area contributed by atoms with Gasteiger partial charge in [-0.15, -0.1) is 0 Å². The topological polar surface area (TPSA) is 44.3 Å². The number of rotatable bonds is 6. The third-order valence-electron chi connectivity index (χ3n) is 4.44. The van der Waals surface area contributed by atoms with Crippen LogP contribution in [0.5, 0.6) is 0 Å². The maximum absolute atomic E-state index is 4.84. The van der Waals surface area contributed by atoms with Crippen LogP contribution in [0.2, 0.25) is 0 Å². The summed E-state index contributed by atoms with van der Waals surface area (Å²) in [5, 5.41) is 3.42. The largest absolute Gasteiger partial charge is 0.370 e. The first-order valence-corrected chi connectivity index (χ1v) is 8.95. The smallest absolute Gasteiger partial charge is 0.227 e. The molecule has 1 aliphatic rings. The Kier molecular flexibility index (Phi) is 5.64. The molecule has 1 saturated heterocycles. The fourth-order valence-corrected chi connectivity index (χ4v) is 2.94. The van der Waals surface area contributed by atoms with Gasteiger partial charge in [0.15, 0.2) is 0 Å². The third-order valence-corrected chi connectivity index (χ3v) is 4.44. The minimum atomic E-state index is 0.839. The predicted octanol–water partition coefficient (Wildman–Crippen LogP) is 3.11. The average Bonchev–Trinajstić information content (AvgIpc) is 2.67. The fourth-order valence-electron chi connectivity index (χ4n) is 2.94. The summed E-state index contributed by atoms with van der Waals surface area (Å²) in [5.74, 6) is 1.75. The lowest BCUT2D eigenvalue weighted by Gasteiger charge is -2.34. The van der Waals surface area contributed by atoms with Crippen LogP contribution in [0.25, 0.3) is 11.3 Å². The number of hydrogen-bond donors (Lipinski definition) is 1. The molecule has 2 aromatic rings. The molecule has 1 aromatic carbocycles. The van der Waals surface area contributed by atoms with Crippen molar-refractivity contribution in [3.63, 3.8) is 0 Å². The van der Waals surface area contributed by atoms with Crippen LogP contribution in [0.4, 0.5) is 11.8 Å². The number of aromatic nitrogens is 2. The van der Waals surface area contributed by atoms with Crippen LogP contribution in [-0.2, 0) is 0 Å². The van der Waals surface area contributed by atoms with Gasteiger partial charge >= 0.3 is 0 Å². The van der Waals surface area contributed by atoms with Crippen molar-refractivity contribution in [2.75, 3.05) is 49.5 Å². The van der Waals surface area contributed by atoms with Crippen LogP contribution in [0.3, 0.4) is 0 Å². The summed E-state index contributed by atoms with van der Waals surface area (Å²) in [6, 6.07) is 12.4. The van der Waals surface area contributed by atoms with Gasteiger partial charge in [0, 0.05) is 44.4 Å². The first kappa shape index (κ1) is 16.7. The number of nitrogens with zero attached hydrogens (tertiary/aromatic N) is 4. The van der Waals surface area contributed by atoms with Crippen LogP contribution in [-0.4, -0.2) is 54.1 Å². The van der Waals surface area contributed by atoms with E-state index in [0.717, 1.165) is 68.7 Å². The summed E-state index contributed by atoms with van der Waals surface area (Å²) in [5.41, 5.74) is 2.12. The maximum Gasteiger partial charge on any atom is 0.227 e. The molecular formula is C19H27N5. The molecule has 128 valence electrons. The summed E-state index contributed by atoms with van der Waals surface area (Å²) in [6.45, 7) is 10.5. The van der Waals surface area contributed by atoms with E-state index in [1.54, 1.807) is 0 Å². The molecule has 0 radical (unpaired) electrons. The number of hydrogen-bond acceptors (Lipinski definition) is 5. The molecule has 2 heterocycles. The van der Waals surface area contributed by atoms with Crippen LogP contribution < -0.4 is 10.2 Å². The second-order valence-corrected chi connectivity index (χ2v) is 6.15. The van der Waals surface area contributed by atoms with Crippen molar-refractivity contribution < 1.29 is 0 Å². The van der Waals surface area contributed by atoms with Gasteiger partial charge in [0.2, 0.25) is 5.95 Å². The second-order valence-electron chi connectivity index (χ2n) is 6.15. The zero-order chi connectivity index (χ0) is 16.8. The highest BCUT2D eigenvalue weighted by molar-refractivity contribution is 5.64. The normalized spacial score (nSPS) is 15.5. The minimum absolute atomic E-state index is 0.839. The summed E-state index contributed by atoms with van der Waals surface area (Å²) >= 11 is 0. The van der Waals surface area contributed by atoms with E-state index in [2.05, 4.69) is 59.3 Å². The van der Waals surface area contributed by atoms with Crippen LogP contribution >= 0.6 is 0 Å². The van der Waals surface area contributed by atoms with Gasteiger partial charge in [0.1, 0.15) is 5.82 Å². The van der Waals surface area contributed by atoms with E-state index in [1.807, 2.05) is 6.07 Å². The fraction of sp³-hybridized carbons (Fsp3) is 0.474. The van der Waals surface area contributed by atoms with Gasteiger partial charge in [0.05, 0.1) is 5.69 Å². The third kappa shape index (κ3) is 4.03. The minimum Gasteiger partial charge on any atom is -0.370 e. The van der Waals surface area contributed by atoms with Gasteiger partial charge < -0.3 is 15.1 Å². The Hall–Kier alpha value is -2.14. The quantitative estimate of drug-likeness (QED) is 0.884. The van der Waals surface area contributed by atoms with Crippen molar-refractivity contribution >= 4 is 11.8 Å². The highest BCUT2D eigenvalue weighted by atomic mass is 15.3. The van der Waals surface area contributed by atoms with Crippen molar-refractivity contribution in [3.05, 3.63) is 36.4 Å². The van der Waals surface area contributed by atoms with Gasteiger partial charge in [-0.25, -0.2) is 4.98 Å². The molecule has 1 fully saturated rings. The van der Waals surface area contributed by atoms with Crippen molar-refractivity contribution in [1.82, 2.24) is 14.9 Å². The van der Waals surface area contributed by atoms with Crippen LogP contribution in [0.15, 0.2) is 36.4 Å². The molecule has 0 atom stereocenters. The number of piperazine rings is 1. The van der Waals surface area contributed by atoms with E-state index >= 15 is 0 Å². The SMILES string of the molecule is CCCNc1cc(-c2ccccc2)nc(N2CCN(CC)CC2)n1. The summed E-state index contributed by atoms with van der Waals surface area (Å²) in [7, 11) is 0. The first-order chi connectivity index (χ1) is 11.8. The zero-order valence-electron chi connectivity index (χ0n) is 14.7. The van der Waals surface area contributed by atoms with E-state index in [0.29, 0.717) is 0 Å². The summed E-state index contributed by atoms with van der Waals surface area (Å²) < 4.78 is 0. The average molecular weight is 325 g/mol. The van der Waals surface area contributed by atoms with E-state index in [-0.39, 0.29) is 0 Å². The molecule has 0 saturated carbocycles. The Morgan fingerprint density at radius 3 is 2.42 bits per heavy atom. The Labute approximate surface area is 144 Å². The molecule has 0 bridgehead atoms. The van der Waals surface area contributed by atoms with Crippen molar-refractivity contribution in [1.29, 1.82) is 0 Å². The van der Waals surface area contributed by atoms with Gasteiger partial charge in [-0.05, 0) is 13.0 Å². The van der Waals surface area contributed by atoms with Crippen molar-refractivity contribution in [2.45, 2.75) is 20.3 Å². The Morgan fingerprint density at radius 1 is 1.00 bits per heavy atom. The monoisotopic (exact) mass is 325 g/mol. The van der Waals surface area contributed by atoms with E-state index in [9.17, 15) is 0 Å². The van der Waals surface area contributed by atoms with E-state index in [1.165, 1.54) is 0 Å². The zero-order valence-corrected chi connectivity index (χ0v) is 14.7. The number of nitrogens with one attached hydrogen (secondary N) is 1. The number of anilines is 2. The highest BCUT2D eigenvalue weighted by Crippen LogP contribution is 2.23. The lowest BCUT2D eigenvalue weighted by atomic mass is 10.1. The Balaban J connectivity index is 1.87. The molecular weight excluding hydrogens is 298 g/mol. The molecule has 5 nitrogen and oxygen atoms in total. The van der Waals surface area contributed by atoms with Crippen LogP contribution in [0.1, 0.15) is 20.3 Å². The molecule has 1 aliphatic heterocycles. The molecule has 24 heavy (non-hydrogen) atoms. The number of benzene rings is 1. The summed E-state index contributed by atoms with van der Waals surface area (Å²) in [6.07, 6.45) is 1.08. The van der Waals surface area contributed by atoms with Gasteiger partial charge in [-0.1, -0.05) is 44.2 Å². The van der Waals surface area contributed by atoms with Crippen LogP contribution in [0, 0.1) is 0 Å². The molecule has 1 aromatic heterocycles. The molecule has 3 rings (SSSR count). The highest BCUT2D eigenvalue weighted by Gasteiger charge is 2.19. The standard InChI is InChI=1S/C19H27N5/c1-3-10-20-18-15-17(16-8-6-5-7-9-16)21-19(22-18)24-13-11-23(4-2)12-14-24/h5-9,15H,3-4,10-14H2,1-2H3,(H,20,21,22). The maximum atomic E-state index is 4.84. The Morgan fingerprint density at radius 2 is 1.75 bits per heavy atom. The van der Waals surface area contributed by atoms with Crippen molar-refractivity contribution in [3.8, 4) is 11.3 Å². The van der Waals surface area contributed by atoms with Gasteiger partial charge in [0.25, 0.3) is 0 Å². The van der Waals surface area contributed by atoms with Gasteiger partial charge in [-0.3, -0.25) is 0 Å². The molecule has 0 aliphatic carbocycles. The number of likely N-dealkylation sites (N-methyl/N-ethyl adjacent to an activating group) is 1. The Bertz CT molecular complexity index is 635. The molecule has 1 N–H and O–H groups in total. The molecule has 0 spiro atoms. The molecule has 0 amide bonds. The lowest BCUT2D eigenvalue weighted by Crippen LogP contribution is -2.46. The molecule has 5 heteroatoms. The second kappa shape index (κ2) is 8.11. The van der Waals surface area contributed by atoms with Crippen molar-refractivity contribution in [2.24, 2.45) is 0 Å². The molecule has 0 unspecified atom stereocenters. The lowest BCUT2D eigenvalue weighted by molar-refractivity contribution is 0.270. The van der Waals surface area contributed by atoms with E-state index in [4.69, 9.17) is 9.97 Å².